The van der Waals surface area contributed by atoms with Gasteiger partial charge in [0.25, 0.3) is 5.69 Å². The van der Waals surface area contributed by atoms with Crippen molar-refractivity contribution in [3.05, 3.63) is 130 Å². The average Bonchev–Trinajstić information content (AvgIpc) is 2.77. The maximum absolute atomic E-state index is 10.9. The highest BCUT2D eigenvalue weighted by molar-refractivity contribution is 7.97. The molecule has 0 saturated heterocycles. The lowest BCUT2D eigenvalue weighted by molar-refractivity contribution is -0.384. The van der Waals surface area contributed by atoms with Crippen molar-refractivity contribution in [2.24, 2.45) is 0 Å². The van der Waals surface area contributed by atoms with Gasteiger partial charge < -0.3 is 0 Å². The Kier molecular flexibility index (Phi) is 5.73. The third-order valence-corrected chi connectivity index (χ3v) is 7.02. The summed E-state index contributed by atoms with van der Waals surface area (Å²) in [7, 11) is -0.220. The van der Waals surface area contributed by atoms with Crippen LogP contribution >= 0.6 is 0 Å². The van der Waals surface area contributed by atoms with Crippen molar-refractivity contribution < 1.29 is 4.92 Å². The lowest BCUT2D eigenvalue weighted by atomic mass is 10.0. The molecule has 0 radical (unpaired) electrons. The van der Waals surface area contributed by atoms with Gasteiger partial charge in [-0.3, -0.25) is 10.1 Å². The van der Waals surface area contributed by atoms with Crippen molar-refractivity contribution in [1.29, 1.82) is 0 Å². The van der Waals surface area contributed by atoms with Gasteiger partial charge in [-0.1, -0.05) is 66.7 Å². The van der Waals surface area contributed by atoms with E-state index in [4.69, 9.17) is 0 Å². The minimum absolute atomic E-state index is 0.121. The van der Waals surface area contributed by atoms with Gasteiger partial charge in [-0.15, -0.1) is 0 Å². The van der Waals surface area contributed by atoms with E-state index in [-0.39, 0.29) is 21.5 Å². The first-order valence-electron chi connectivity index (χ1n) is 9.38. The fourth-order valence-corrected chi connectivity index (χ4v) is 5.56. The maximum Gasteiger partial charge on any atom is 0.269 e. The second kappa shape index (κ2) is 8.76. The Balaban J connectivity index is 1.76. The number of nitrogens with zero attached hydrogens (tertiary/aromatic N) is 1. The van der Waals surface area contributed by atoms with Crippen LogP contribution in [-0.4, -0.2) is 4.92 Å². The van der Waals surface area contributed by atoms with Crippen LogP contribution in [0.2, 0.25) is 0 Å². The lowest BCUT2D eigenvalue weighted by Crippen LogP contribution is -2.08. The molecular weight excluding hydrogens is 378 g/mol. The molecule has 0 N–H and O–H groups in total. The molecule has 0 unspecified atom stereocenters. The Bertz CT molecular complexity index is 1060. The van der Waals surface area contributed by atoms with Crippen molar-refractivity contribution in [2.75, 3.05) is 0 Å². The van der Waals surface area contributed by atoms with Gasteiger partial charge in [0.2, 0.25) is 0 Å². The number of nitro benzene ring substituents is 1. The highest BCUT2D eigenvalue weighted by Crippen LogP contribution is 2.34. The van der Waals surface area contributed by atoms with Gasteiger partial charge in [0, 0.05) is 24.1 Å². The molecular formula is C25H20NO2S+. The predicted molar refractivity (Wildman–Crippen MR) is 117 cm³/mol. The summed E-state index contributed by atoms with van der Waals surface area (Å²) in [5.41, 5.74) is 2.42. The fraction of sp³-hybridized carbons (Fsp3) is 0.0400. The van der Waals surface area contributed by atoms with Gasteiger partial charge in [-0.05, 0) is 35.9 Å². The zero-order valence-corrected chi connectivity index (χ0v) is 16.6. The van der Waals surface area contributed by atoms with E-state index in [2.05, 4.69) is 72.8 Å². The van der Waals surface area contributed by atoms with Crippen molar-refractivity contribution in [2.45, 2.75) is 21.1 Å². The van der Waals surface area contributed by atoms with E-state index in [0.717, 1.165) is 12.0 Å². The molecule has 0 aliphatic rings. The monoisotopic (exact) mass is 398 g/mol. The van der Waals surface area contributed by atoms with Crippen LogP contribution in [-0.2, 0) is 17.3 Å². The highest BCUT2D eigenvalue weighted by Gasteiger charge is 2.30. The van der Waals surface area contributed by atoms with Crippen LogP contribution in [0.25, 0.3) is 0 Å². The molecule has 0 aromatic heterocycles. The molecule has 4 aromatic carbocycles. The molecule has 0 aliphatic carbocycles. The molecule has 0 spiro atoms. The summed E-state index contributed by atoms with van der Waals surface area (Å²) >= 11 is 0. The van der Waals surface area contributed by atoms with E-state index in [0.29, 0.717) is 0 Å². The Morgan fingerprint density at radius 2 is 1.17 bits per heavy atom. The van der Waals surface area contributed by atoms with E-state index in [1.807, 2.05) is 24.3 Å². The minimum atomic E-state index is -0.361. The molecule has 0 amide bonds. The minimum Gasteiger partial charge on any atom is -0.258 e. The molecule has 4 aromatic rings. The molecule has 0 atom stereocenters. The molecule has 142 valence electrons. The Labute approximate surface area is 173 Å². The lowest BCUT2D eigenvalue weighted by Gasteiger charge is -2.12. The van der Waals surface area contributed by atoms with Crippen molar-refractivity contribution in [1.82, 2.24) is 0 Å². The van der Waals surface area contributed by atoms with Gasteiger partial charge in [-0.2, -0.15) is 0 Å². The van der Waals surface area contributed by atoms with Gasteiger partial charge >= 0.3 is 0 Å². The van der Waals surface area contributed by atoms with Crippen LogP contribution in [0.5, 0.6) is 0 Å². The van der Waals surface area contributed by atoms with Crippen LogP contribution in [0.15, 0.2) is 124 Å². The van der Waals surface area contributed by atoms with Crippen molar-refractivity contribution >= 4 is 16.6 Å². The summed E-state index contributed by atoms with van der Waals surface area (Å²) in [6.45, 7) is 0. The summed E-state index contributed by atoms with van der Waals surface area (Å²) in [6, 6.07) is 36.5. The smallest absolute Gasteiger partial charge is 0.258 e. The van der Waals surface area contributed by atoms with Crippen LogP contribution < -0.4 is 0 Å². The SMILES string of the molecule is O=[N+]([O-])c1ccc(Cc2ccccc2[S+](c2ccccc2)c2ccccc2)cc1. The number of nitro groups is 1. The van der Waals surface area contributed by atoms with Gasteiger partial charge in [-0.25, -0.2) is 0 Å². The first-order valence-corrected chi connectivity index (χ1v) is 10.6. The van der Waals surface area contributed by atoms with Gasteiger partial charge in [0.05, 0.1) is 15.8 Å². The number of non-ortho nitro benzene ring substituents is 1. The largest absolute Gasteiger partial charge is 0.269 e. The van der Waals surface area contributed by atoms with E-state index >= 15 is 0 Å². The fourth-order valence-electron chi connectivity index (χ4n) is 3.31. The normalized spacial score (nSPS) is 10.8. The molecule has 3 nitrogen and oxygen atoms in total. The second-order valence-corrected chi connectivity index (χ2v) is 8.64. The molecule has 29 heavy (non-hydrogen) atoms. The Morgan fingerprint density at radius 3 is 1.72 bits per heavy atom. The van der Waals surface area contributed by atoms with E-state index in [1.165, 1.54) is 20.2 Å². The quantitative estimate of drug-likeness (QED) is 0.218. The third-order valence-electron chi connectivity index (χ3n) is 4.69. The van der Waals surface area contributed by atoms with E-state index in [1.54, 1.807) is 12.1 Å². The topological polar surface area (TPSA) is 43.1 Å². The molecule has 0 aliphatic heterocycles. The standard InChI is InChI=1S/C25H20NO2S/c27-26(28)22-17-15-20(16-18-22)19-21-9-7-8-14-25(21)29(23-10-3-1-4-11-23)24-12-5-2-6-13-24/h1-18H,19H2/q+1. The van der Waals surface area contributed by atoms with Gasteiger partial charge in [0.15, 0.2) is 14.7 Å². The molecule has 0 fully saturated rings. The maximum atomic E-state index is 10.9. The highest BCUT2D eigenvalue weighted by atomic mass is 32.2. The zero-order chi connectivity index (χ0) is 20.1. The third kappa shape index (κ3) is 4.39. The summed E-state index contributed by atoms with van der Waals surface area (Å²) in [4.78, 5) is 14.4. The average molecular weight is 399 g/mol. The molecule has 4 rings (SSSR count). The van der Waals surface area contributed by atoms with Crippen molar-refractivity contribution in [3.8, 4) is 0 Å². The number of hydrogen-bond acceptors (Lipinski definition) is 2. The molecule has 0 bridgehead atoms. The summed E-state index contributed by atoms with van der Waals surface area (Å²) < 4.78 is 0. The van der Waals surface area contributed by atoms with Crippen LogP contribution in [0.4, 0.5) is 5.69 Å². The Hall–Kier alpha value is -3.37. The van der Waals surface area contributed by atoms with E-state index in [9.17, 15) is 10.1 Å². The first kappa shape index (κ1) is 19.0. The van der Waals surface area contributed by atoms with Crippen LogP contribution in [0, 0.1) is 10.1 Å². The molecule has 0 heterocycles. The summed E-state index contributed by atoms with van der Waals surface area (Å²) in [5.74, 6) is 0. The van der Waals surface area contributed by atoms with E-state index < -0.39 is 0 Å². The first-order chi connectivity index (χ1) is 14.2. The zero-order valence-electron chi connectivity index (χ0n) is 15.8. The molecule has 4 heteroatoms. The number of benzene rings is 4. The summed E-state index contributed by atoms with van der Waals surface area (Å²) in [6.07, 6.45) is 0.733. The Morgan fingerprint density at radius 1 is 0.655 bits per heavy atom. The number of hydrogen-bond donors (Lipinski definition) is 0. The molecule has 0 saturated carbocycles. The van der Waals surface area contributed by atoms with Crippen molar-refractivity contribution in [3.63, 3.8) is 0 Å². The second-order valence-electron chi connectivity index (χ2n) is 6.64. The summed E-state index contributed by atoms with van der Waals surface area (Å²) in [5, 5.41) is 10.9. The predicted octanol–water partition coefficient (Wildman–Crippen LogP) is 6.28. The van der Waals surface area contributed by atoms with Crippen LogP contribution in [0.3, 0.4) is 0 Å². The van der Waals surface area contributed by atoms with Crippen LogP contribution in [0.1, 0.15) is 11.1 Å². The number of rotatable bonds is 6. The van der Waals surface area contributed by atoms with Gasteiger partial charge in [0.1, 0.15) is 0 Å².